The number of hydrogen-bond acceptors (Lipinski definition) is 4. The van der Waals surface area contributed by atoms with Crippen LogP contribution in [0, 0.1) is 6.92 Å². The van der Waals surface area contributed by atoms with E-state index < -0.39 is 0 Å². The summed E-state index contributed by atoms with van der Waals surface area (Å²) in [6.45, 7) is 4.00. The molecule has 0 saturated carbocycles. The summed E-state index contributed by atoms with van der Waals surface area (Å²) in [6, 6.07) is 0.0214. The van der Waals surface area contributed by atoms with Crippen LogP contribution < -0.4 is 5.73 Å². The van der Waals surface area contributed by atoms with Gasteiger partial charge in [-0.3, -0.25) is 0 Å². The van der Waals surface area contributed by atoms with Gasteiger partial charge in [0, 0.05) is 23.5 Å². The fraction of sp³-hybridized carbons (Fsp3) is 0.667. The molecule has 0 aliphatic carbocycles. The van der Waals surface area contributed by atoms with Crippen LogP contribution >= 0.6 is 11.8 Å². The smallest absolute Gasteiger partial charge is 0.141 e. The van der Waals surface area contributed by atoms with E-state index in [0.29, 0.717) is 5.25 Å². The molecule has 2 N–H and O–H groups in total. The minimum atomic E-state index is 0.0214. The van der Waals surface area contributed by atoms with Crippen molar-refractivity contribution >= 4 is 11.8 Å². The van der Waals surface area contributed by atoms with Gasteiger partial charge < -0.3 is 5.73 Å². The van der Waals surface area contributed by atoms with Gasteiger partial charge in [-0.15, -0.1) is 0 Å². The van der Waals surface area contributed by atoms with E-state index >= 15 is 0 Å². The first-order valence-corrected chi connectivity index (χ1v) is 6.94. The summed E-state index contributed by atoms with van der Waals surface area (Å²) in [5.41, 5.74) is 7.95. The van der Waals surface area contributed by atoms with Gasteiger partial charge >= 0.3 is 0 Å². The van der Waals surface area contributed by atoms with E-state index in [0.717, 1.165) is 17.1 Å². The number of thioether (sulfide) groups is 1. The van der Waals surface area contributed by atoms with E-state index in [2.05, 4.69) is 9.97 Å². The van der Waals surface area contributed by atoms with Crippen LogP contribution in [0.1, 0.15) is 54.6 Å². The van der Waals surface area contributed by atoms with Crippen molar-refractivity contribution in [3.63, 3.8) is 0 Å². The van der Waals surface area contributed by atoms with Crippen molar-refractivity contribution in [3.8, 4) is 0 Å². The van der Waals surface area contributed by atoms with Gasteiger partial charge in [-0.2, -0.15) is 11.8 Å². The highest BCUT2D eigenvalue weighted by Gasteiger charge is 2.19. The maximum Gasteiger partial charge on any atom is 0.141 e. The van der Waals surface area contributed by atoms with Crippen molar-refractivity contribution in [3.05, 3.63) is 23.3 Å². The summed E-state index contributed by atoms with van der Waals surface area (Å²) >= 11 is 1.98. The highest BCUT2D eigenvalue weighted by atomic mass is 32.2. The largest absolute Gasteiger partial charge is 0.324 e. The van der Waals surface area contributed by atoms with Crippen molar-refractivity contribution in [2.24, 2.45) is 5.73 Å². The van der Waals surface area contributed by atoms with Crippen molar-refractivity contribution in [1.82, 2.24) is 9.97 Å². The number of aromatic nitrogens is 2. The lowest BCUT2D eigenvalue weighted by Gasteiger charge is -2.20. The zero-order chi connectivity index (χ0) is 11.5. The molecule has 3 nitrogen and oxygen atoms in total. The molecular formula is C12H19N3S. The van der Waals surface area contributed by atoms with Gasteiger partial charge in [0.15, 0.2) is 0 Å². The van der Waals surface area contributed by atoms with Crippen LogP contribution in [0.5, 0.6) is 0 Å². The van der Waals surface area contributed by atoms with Crippen molar-refractivity contribution in [2.45, 2.75) is 44.4 Å². The molecule has 1 aliphatic rings. The number of rotatable bonds is 2. The molecule has 0 aromatic carbocycles. The van der Waals surface area contributed by atoms with E-state index in [1.165, 1.54) is 25.0 Å². The predicted octanol–water partition coefficient (Wildman–Crippen LogP) is 2.76. The van der Waals surface area contributed by atoms with Crippen molar-refractivity contribution in [1.29, 1.82) is 0 Å². The van der Waals surface area contributed by atoms with Gasteiger partial charge in [-0.1, -0.05) is 6.42 Å². The fourth-order valence-corrected chi connectivity index (χ4v) is 3.29. The molecule has 1 aromatic heterocycles. The molecule has 2 unspecified atom stereocenters. The maximum atomic E-state index is 5.86. The molecule has 2 heterocycles. The highest BCUT2D eigenvalue weighted by molar-refractivity contribution is 7.99. The van der Waals surface area contributed by atoms with Crippen LogP contribution in [0.4, 0.5) is 0 Å². The van der Waals surface area contributed by atoms with Gasteiger partial charge in [0.05, 0.1) is 5.25 Å². The van der Waals surface area contributed by atoms with E-state index in [1.807, 2.05) is 31.8 Å². The van der Waals surface area contributed by atoms with Crippen LogP contribution in [-0.4, -0.2) is 15.7 Å². The lowest BCUT2D eigenvalue weighted by atomic mass is 10.1. The Balaban J connectivity index is 2.19. The van der Waals surface area contributed by atoms with Gasteiger partial charge in [0.25, 0.3) is 0 Å². The van der Waals surface area contributed by atoms with Gasteiger partial charge in [0.2, 0.25) is 0 Å². The Kier molecular flexibility index (Phi) is 3.82. The fourth-order valence-electron chi connectivity index (χ4n) is 2.04. The third kappa shape index (κ3) is 2.55. The van der Waals surface area contributed by atoms with Crippen LogP contribution in [0.25, 0.3) is 0 Å². The van der Waals surface area contributed by atoms with E-state index in [9.17, 15) is 0 Å². The molecule has 88 valence electrons. The predicted molar refractivity (Wildman–Crippen MR) is 68.4 cm³/mol. The van der Waals surface area contributed by atoms with Crippen LogP contribution in [0.15, 0.2) is 6.20 Å². The average molecular weight is 237 g/mol. The normalized spacial score (nSPS) is 23.1. The number of aryl methyl sites for hydroxylation is 1. The summed E-state index contributed by atoms with van der Waals surface area (Å²) in [4.78, 5) is 9.08. The Morgan fingerprint density at radius 3 is 2.88 bits per heavy atom. The molecule has 0 bridgehead atoms. The summed E-state index contributed by atoms with van der Waals surface area (Å²) < 4.78 is 0. The molecule has 0 spiro atoms. The van der Waals surface area contributed by atoms with E-state index in [-0.39, 0.29) is 6.04 Å². The third-order valence-electron chi connectivity index (χ3n) is 2.99. The Morgan fingerprint density at radius 1 is 1.50 bits per heavy atom. The molecule has 1 fully saturated rings. The summed E-state index contributed by atoms with van der Waals surface area (Å²) in [5, 5.41) is 0.495. The van der Waals surface area contributed by atoms with Crippen LogP contribution in [0.2, 0.25) is 0 Å². The van der Waals surface area contributed by atoms with Crippen molar-refractivity contribution < 1.29 is 0 Å². The molecule has 0 amide bonds. The highest BCUT2D eigenvalue weighted by Crippen LogP contribution is 2.36. The number of hydrogen-bond donors (Lipinski definition) is 1. The average Bonchev–Trinajstić information content (AvgIpc) is 2.29. The van der Waals surface area contributed by atoms with Crippen LogP contribution in [-0.2, 0) is 0 Å². The molecule has 0 radical (unpaired) electrons. The molecule has 16 heavy (non-hydrogen) atoms. The Bertz CT molecular complexity index is 359. The molecular weight excluding hydrogens is 218 g/mol. The minimum Gasteiger partial charge on any atom is -0.324 e. The van der Waals surface area contributed by atoms with Crippen molar-refractivity contribution in [2.75, 3.05) is 5.75 Å². The summed E-state index contributed by atoms with van der Waals surface area (Å²) in [6.07, 6.45) is 5.74. The molecule has 4 heteroatoms. The lowest BCUT2D eigenvalue weighted by molar-refractivity contribution is 0.655. The van der Waals surface area contributed by atoms with E-state index in [4.69, 9.17) is 5.73 Å². The quantitative estimate of drug-likeness (QED) is 0.859. The first-order chi connectivity index (χ1) is 7.68. The molecule has 1 saturated heterocycles. The molecule has 1 aromatic rings. The monoisotopic (exact) mass is 237 g/mol. The minimum absolute atomic E-state index is 0.0214. The van der Waals surface area contributed by atoms with Gasteiger partial charge in [0.1, 0.15) is 5.82 Å². The summed E-state index contributed by atoms with van der Waals surface area (Å²) in [5.74, 6) is 2.23. The SMILES string of the molecule is Cc1nc(C2CCCCS2)ncc1C(C)N. The number of nitrogens with zero attached hydrogens (tertiary/aromatic N) is 2. The Labute approximate surface area is 101 Å². The van der Waals surface area contributed by atoms with Gasteiger partial charge in [-0.05, 0) is 32.4 Å². The molecule has 2 atom stereocenters. The topological polar surface area (TPSA) is 51.8 Å². The Morgan fingerprint density at radius 2 is 2.31 bits per heavy atom. The molecule has 2 rings (SSSR count). The lowest BCUT2D eigenvalue weighted by Crippen LogP contribution is -2.12. The third-order valence-corrected chi connectivity index (χ3v) is 4.37. The second-order valence-electron chi connectivity index (χ2n) is 4.41. The standard InChI is InChI=1S/C12H19N3S/c1-8(13)10-7-14-12(15-9(10)2)11-5-3-4-6-16-11/h7-8,11H,3-6,13H2,1-2H3. The number of nitrogens with two attached hydrogens (primary N) is 1. The van der Waals surface area contributed by atoms with E-state index in [1.54, 1.807) is 0 Å². The maximum absolute atomic E-state index is 5.86. The van der Waals surface area contributed by atoms with Crippen LogP contribution in [0.3, 0.4) is 0 Å². The summed E-state index contributed by atoms with van der Waals surface area (Å²) in [7, 11) is 0. The second-order valence-corrected chi connectivity index (χ2v) is 5.72. The van der Waals surface area contributed by atoms with Gasteiger partial charge in [-0.25, -0.2) is 9.97 Å². The first kappa shape index (κ1) is 11.9. The molecule has 1 aliphatic heterocycles. The first-order valence-electron chi connectivity index (χ1n) is 5.89. The zero-order valence-corrected chi connectivity index (χ0v) is 10.8. The zero-order valence-electron chi connectivity index (χ0n) is 9.94. The Hall–Kier alpha value is -0.610. The second kappa shape index (κ2) is 5.15.